The van der Waals surface area contributed by atoms with Gasteiger partial charge >= 0.3 is 5.97 Å². The number of pyridine rings is 1. The number of hydrogen-bond acceptors (Lipinski definition) is 7. The van der Waals surface area contributed by atoms with Gasteiger partial charge in [-0.15, -0.1) is 10.2 Å². The van der Waals surface area contributed by atoms with E-state index in [-0.39, 0.29) is 5.97 Å². The van der Waals surface area contributed by atoms with Gasteiger partial charge in [0.15, 0.2) is 0 Å². The van der Waals surface area contributed by atoms with E-state index in [1.807, 2.05) is 55.5 Å². The zero-order chi connectivity index (χ0) is 22.3. The first kappa shape index (κ1) is 21.6. The maximum atomic E-state index is 11.5. The Morgan fingerprint density at radius 3 is 2.56 bits per heavy atom. The zero-order valence-corrected chi connectivity index (χ0v) is 18.3. The fourth-order valence-electron chi connectivity index (χ4n) is 3.64. The molecular formula is C25H26N4O3. The van der Waals surface area contributed by atoms with Gasteiger partial charge < -0.3 is 14.8 Å². The van der Waals surface area contributed by atoms with E-state index in [2.05, 4.69) is 21.6 Å². The van der Waals surface area contributed by atoms with Crippen LogP contribution >= 0.6 is 0 Å². The highest BCUT2D eigenvalue weighted by atomic mass is 16.5. The van der Waals surface area contributed by atoms with Crippen LogP contribution in [0.2, 0.25) is 0 Å². The Bertz CT molecular complexity index is 1230. The predicted molar refractivity (Wildman–Crippen MR) is 124 cm³/mol. The van der Waals surface area contributed by atoms with Gasteiger partial charge in [-0.05, 0) is 50.2 Å². The van der Waals surface area contributed by atoms with Crippen LogP contribution in [-0.2, 0) is 16.1 Å². The minimum Gasteiger partial charge on any atom is -0.497 e. The number of nitrogens with one attached hydrogen (secondary N) is 1. The predicted octanol–water partition coefficient (Wildman–Crippen LogP) is 4.29. The van der Waals surface area contributed by atoms with Crippen LogP contribution < -0.4 is 10.1 Å². The lowest BCUT2D eigenvalue weighted by Crippen LogP contribution is -2.17. The van der Waals surface area contributed by atoms with E-state index in [0.717, 1.165) is 50.9 Å². The van der Waals surface area contributed by atoms with Crippen LogP contribution in [-0.4, -0.2) is 41.4 Å². The van der Waals surface area contributed by atoms with Gasteiger partial charge in [-0.1, -0.05) is 24.3 Å². The molecule has 2 aromatic heterocycles. The van der Waals surface area contributed by atoms with E-state index in [9.17, 15) is 4.79 Å². The van der Waals surface area contributed by atoms with Crippen molar-refractivity contribution < 1.29 is 14.3 Å². The summed E-state index contributed by atoms with van der Waals surface area (Å²) in [4.78, 5) is 16.4. The summed E-state index contributed by atoms with van der Waals surface area (Å²) in [6.45, 7) is 3.54. The van der Waals surface area contributed by atoms with Crippen molar-refractivity contribution in [1.29, 1.82) is 0 Å². The van der Waals surface area contributed by atoms with Crippen LogP contribution in [0, 0.1) is 0 Å². The molecule has 0 bridgehead atoms. The smallest absolute Gasteiger partial charge is 0.305 e. The molecule has 2 aromatic carbocycles. The topological polar surface area (TPSA) is 86.2 Å². The Morgan fingerprint density at radius 1 is 1.03 bits per heavy atom. The lowest BCUT2D eigenvalue weighted by Gasteiger charge is -2.11. The number of methoxy groups -OCH3 is 1. The van der Waals surface area contributed by atoms with Gasteiger partial charge in [-0.3, -0.25) is 4.79 Å². The molecule has 7 heteroatoms. The molecule has 0 saturated carbocycles. The van der Waals surface area contributed by atoms with Crippen molar-refractivity contribution in [3.8, 4) is 17.0 Å². The van der Waals surface area contributed by atoms with Crippen LogP contribution in [0.4, 0.5) is 0 Å². The molecule has 0 aliphatic heterocycles. The number of rotatable bonds is 9. The second-order valence-electron chi connectivity index (χ2n) is 7.38. The van der Waals surface area contributed by atoms with Gasteiger partial charge in [-0.2, -0.15) is 0 Å². The minimum atomic E-state index is -0.159. The average Bonchev–Trinajstić information content (AvgIpc) is 2.83. The van der Waals surface area contributed by atoms with Crippen LogP contribution in [0.25, 0.3) is 33.1 Å². The molecule has 1 N–H and O–H groups in total. The standard InChI is InChI=1S/C25H26N4O3/c1-3-32-24(30)9-6-14-26-16-23-19-7-4-5-8-20(19)25-22(27-23)15-21(28-29-25)17-10-12-18(31-2)13-11-17/h4-5,7-8,10-13,15,26H,3,6,9,14,16H2,1-2H3. The average molecular weight is 431 g/mol. The number of benzene rings is 2. The summed E-state index contributed by atoms with van der Waals surface area (Å²) >= 11 is 0. The van der Waals surface area contributed by atoms with E-state index in [4.69, 9.17) is 14.5 Å². The van der Waals surface area contributed by atoms with Crippen molar-refractivity contribution in [2.45, 2.75) is 26.3 Å². The third kappa shape index (κ3) is 4.84. The third-order valence-electron chi connectivity index (χ3n) is 5.24. The van der Waals surface area contributed by atoms with Gasteiger partial charge in [0.2, 0.25) is 0 Å². The monoisotopic (exact) mass is 430 g/mol. The zero-order valence-electron chi connectivity index (χ0n) is 18.3. The molecule has 0 aliphatic rings. The SMILES string of the molecule is CCOC(=O)CCCNCc1nc2cc(-c3ccc(OC)cc3)nnc2c2ccccc12. The molecule has 0 spiro atoms. The first-order chi connectivity index (χ1) is 15.7. The van der Waals surface area contributed by atoms with Gasteiger partial charge in [0, 0.05) is 29.3 Å². The second kappa shape index (κ2) is 10.2. The molecule has 7 nitrogen and oxygen atoms in total. The summed E-state index contributed by atoms with van der Waals surface area (Å²) in [5.41, 5.74) is 4.24. The van der Waals surface area contributed by atoms with Crippen LogP contribution in [0.3, 0.4) is 0 Å². The highest BCUT2D eigenvalue weighted by Gasteiger charge is 2.12. The minimum absolute atomic E-state index is 0.159. The number of ether oxygens (including phenoxy) is 2. The molecule has 0 saturated heterocycles. The second-order valence-corrected chi connectivity index (χ2v) is 7.38. The summed E-state index contributed by atoms with van der Waals surface area (Å²) in [6.07, 6.45) is 1.13. The van der Waals surface area contributed by atoms with Crippen LogP contribution in [0.15, 0.2) is 54.6 Å². The van der Waals surface area contributed by atoms with Gasteiger partial charge in [0.25, 0.3) is 0 Å². The summed E-state index contributed by atoms with van der Waals surface area (Å²) in [5.74, 6) is 0.635. The summed E-state index contributed by atoms with van der Waals surface area (Å²) in [6, 6.07) is 17.8. The largest absolute Gasteiger partial charge is 0.497 e. The lowest BCUT2D eigenvalue weighted by atomic mass is 10.1. The molecule has 4 rings (SSSR count). The first-order valence-corrected chi connectivity index (χ1v) is 10.8. The quantitative estimate of drug-likeness (QED) is 0.241. The van der Waals surface area contributed by atoms with Gasteiger partial charge in [-0.25, -0.2) is 4.98 Å². The molecule has 2 heterocycles. The first-order valence-electron chi connectivity index (χ1n) is 10.8. The number of esters is 1. The summed E-state index contributed by atoms with van der Waals surface area (Å²) < 4.78 is 10.2. The van der Waals surface area contributed by atoms with Crippen LogP contribution in [0.5, 0.6) is 5.75 Å². The fraction of sp³-hybridized carbons (Fsp3) is 0.280. The number of hydrogen-bond donors (Lipinski definition) is 1. The maximum absolute atomic E-state index is 11.5. The maximum Gasteiger partial charge on any atom is 0.305 e. The molecular weight excluding hydrogens is 404 g/mol. The molecule has 0 radical (unpaired) electrons. The molecule has 0 aliphatic carbocycles. The molecule has 164 valence electrons. The van der Waals surface area contributed by atoms with E-state index in [1.54, 1.807) is 7.11 Å². The van der Waals surface area contributed by atoms with E-state index < -0.39 is 0 Å². The molecule has 0 unspecified atom stereocenters. The fourth-order valence-corrected chi connectivity index (χ4v) is 3.64. The van der Waals surface area contributed by atoms with E-state index >= 15 is 0 Å². The van der Waals surface area contributed by atoms with Crippen molar-refractivity contribution in [3.63, 3.8) is 0 Å². The number of carbonyl (C=O) groups excluding carboxylic acids is 1. The van der Waals surface area contributed by atoms with Crippen molar-refractivity contribution in [2.75, 3.05) is 20.3 Å². The summed E-state index contributed by atoms with van der Waals surface area (Å²) in [7, 11) is 1.65. The van der Waals surface area contributed by atoms with Crippen LogP contribution in [0.1, 0.15) is 25.5 Å². The van der Waals surface area contributed by atoms with Gasteiger partial charge in [0.1, 0.15) is 11.3 Å². The van der Waals surface area contributed by atoms with Crippen molar-refractivity contribution in [1.82, 2.24) is 20.5 Å². The number of nitrogens with zero attached hydrogens (tertiary/aromatic N) is 3. The molecule has 0 atom stereocenters. The van der Waals surface area contributed by atoms with E-state index in [0.29, 0.717) is 26.1 Å². The van der Waals surface area contributed by atoms with Gasteiger partial charge in [0.05, 0.1) is 30.6 Å². The normalized spacial score (nSPS) is 11.1. The number of fused-ring (bicyclic) bond motifs is 3. The summed E-state index contributed by atoms with van der Waals surface area (Å²) in [5, 5.41) is 14.4. The third-order valence-corrected chi connectivity index (χ3v) is 5.24. The molecule has 0 fully saturated rings. The Kier molecular flexibility index (Phi) is 6.87. The highest BCUT2D eigenvalue weighted by molar-refractivity contribution is 6.04. The van der Waals surface area contributed by atoms with Crippen molar-refractivity contribution in [3.05, 3.63) is 60.3 Å². The number of aromatic nitrogens is 3. The Hall–Kier alpha value is -3.58. The van der Waals surface area contributed by atoms with Crippen molar-refractivity contribution >= 4 is 27.8 Å². The number of carbonyl (C=O) groups is 1. The Balaban J connectivity index is 1.59. The molecule has 0 amide bonds. The van der Waals surface area contributed by atoms with Crippen molar-refractivity contribution in [2.24, 2.45) is 0 Å². The van der Waals surface area contributed by atoms with E-state index in [1.165, 1.54) is 0 Å². The Morgan fingerprint density at radius 2 is 1.81 bits per heavy atom. The highest BCUT2D eigenvalue weighted by Crippen LogP contribution is 2.27. The molecule has 4 aromatic rings. The molecule has 32 heavy (non-hydrogen) atoms. The lowest BCUT2D eigenvalue weighted by molar-refractivity contribution is -0.143. The Labute approximate surface area is 186 Å².